The van der Waals surface area contributed by atoms with Crippen LogP contribution in [-0.4, -0.2) is 34.6 Å². The van der Waals surface area contributed by atoms with Gasteiger partial charge in [0.1, 0.15) is 6.04 Å². The van der Waals surface area contributed by atoms with Crippen molar-refractivity contribution in [2.75, 3.05) is 6.61 Å². The van der Waals surface area contributed by atoms with Gasteiger partial charge in [0, 0.05) is 5.92 Å². The van der Waals surface area contributed by atoms with Crippen molar-refractivity contribution in [3.63, 3.8) is 0 Å². The number of hydrogen-bond acceptors (Lipinski definition) is 3. The molecule has 0 saturated carbocycles. The van der Waals surface area contributed by atoms with Gasteiger partial charge in [-0.25, -0.2) is 0 Å². The topological polar surface area (TPSA) is 64.3 Å². The van der Waals surface area contributed by atoms with E-state index in [9.17, 15) is 15.2 Å². The summed E-state index contributed by atoms with van der Waals surface area (Å²) < 4.78 is 0. The molecule has 3 atom stereocenters. The highest BCUT2D eigenvalue weighted by atomic mass is 16.3. The second kappa shape index (κ2) is 8.30. The number of amides is 1. The van der Waals surface area contributed by atoms with Crippen molar-refractivity contribution in [3.05, 3.63) is 96.1 Å². The lowest BCUT2D eigenvalue weighted by atomic mass is 9.75. The third-order valence-electron chi connectivity index (χ3n) is 5.62. The van der Waals surface area contributed by atoms with Gasteiger partial charge < -0.3 is 10.0 Å². The van der Waals surface area contributed by atoms with E-state index in [1.54, 1.807) is 4.90 Å². The number of aliphatic hydroxyl groups excluding tert-OH is 1. The SMILES string of the molecule is N#C[C@@H]1[C@H](c2ccc(-c3ccccc3)cc2)[C@H](CO)N1C(=O)Cc1ccccc1. The largest absolute Gasteiger partial charge is 0.394 e. The van der Waals surface area contributed by atoms with E-state index in [0.29, 0.717) is 0 Å². The predicted octanol–water partition coefficient (Wildman–Crippen LogP) is 3.78. The van der Waals surface area contributed by atoms with Gasteiger partial charge in [0.2, 0.25) is 5.91 Å². The number of carbonyl (C=O) groups excluding carboxylic acids is 1. The average molecular weight is 382 g/mol. The van der Waals surface area contributed by atoms with Crippen LogP contribution in [0.5, 0.6) is 0 Å². The Kier molecular flexibility index (Phi) is 5.41. The second-order valence-corrected chi connectivity index (χ2v) is 7.30. The average Bonchev–Trinajstić information content (AvgIpc) is 2.75. The highest BCUT2D eigenvalue weighted by Gasteiger charge is 2.51. The summed E-state index contributed by atoms with van der Waals surface area (Å²) in [5.74, 6) is -0.312. The lowest BCUT2D eigenvalue weighted by Gasteiger charge is -2.51. The van der Waals surface area contributed by atoms with Crippen molar-refractivity contribution in [2.24, 2.45) is 0 Å². The molecule has 29 heavy (non-hydrogen) atoms. The zero-order chi connectivity index (χ0) is 20.2. The Hall–Kier alpha value is -3.42. The van der Waals surface area contributed by atoms with Crippen molar-refractivity contribution < 1.29 is 9.90 Å². The minimum atomic E-state index is -0.564. The van der Waals surface area contributed by atoms with Gasteiger partial charge in [-0.05, 0) is 22.3 Å². The first-order valence-electron chi connectivity index (χ1n) is 9.74. The Morgan fingerprint density at radius 1 is 0.897 bits per heavy atom. The minimum absolute atomic E-state index is 0.126. The van der Waals surface area contributed by atoms with Gasteiger partial charge in [0.15, 0.2) is 0 Å². The number of carbonyl (C=O) groups is 1. The molecule has 4 heteroatoms. The normalized spacial score (nSPS) is 20.6. The first-order valence-corrected chi connectivity index (χ1v) is 9.74. The fourth-order valence-electron chi connectivity index (χ4n) is 4.14. The van der Waals surface area contributed by atoms with Crippen molar-refractivity contribution in [3.8, 4) is 17.2 Å². The van der Waals surface area contributed by atoms with Gasteiger partial charge in [-0.1, -0.05) is 84.9 Å². The molecule has 1 aliphatic rings. The molecule has 4 nitrogen and oxygen atoms in total. The number of benzene rings is 3. The van der Waals surface area contributed by atoms with Crippen molar-refractivity contribution in [1.29, 1.82) is 5.26 Å². The molecule has 1 saturated heterocycles. The molecular weight excluding hydrogens is 360 g/mol. The first-order chi connectivity index (χ1) is 14.2. The molecule has 0 aliphatic carbocycles. The number of aliphatic hydroxyl groups is 1. The fourth-order valence-corrected chi connectivity index (χ4v) is 4.14. The van der Waals surface area contributed by atoms with Gasteiger partial charge in [-0.3, -0.25) is 4.79 Å². The van der Waals surface area contributed by atoms with Crippen molar-refractivity contribution in [2.45, 2.75) is 24.4 Å². The Balaban J connectivity index is 1.54. The highest BCUT2D eigenvalue weighted by molar-refractivity contribution is 5.81. The van der Waals surface area contributed by atoms with Crippen LogP contribution in [0.3, 0.4) is 0 Å². The summed E-state index contributed by atoms with van der Waals surface area (Å²) in [7, 11) is 0. The maximum atomic E-state index is 12.8. The molecule has 4 rings (SSSR count). The van der Waals surface area contributed by atoms with Crippen molar-refractivity contribution in [1.82, 2.24) is 4.90 Å². The molecule has 0 bridgehead atoms. The zero-order valence-corrected chi connectivity index (χ0v) is 16.0. The number of rotatable bonds is 5. The van der Waals surface area contributed by atoms with Gasteiger partial charge in [0.25, 0.3) is 0 Å². The van der Waals surface area contributed by atoms with Gasteiger partial charge in [0.05, 0.1) is 25.1 Å². The van der Waals surface area contributed by atoms with Crippen LogP contribution in [0.25, 0.3) is 11.1 Å². The zero-order valence-electron chi connectivity index (χ0n) is 16.0. The lowest BCUT2D eigenvalue weighted by molar-refractivity contribution is -0.146. The van der Waals surface area contributed by atoms with Crippen LogP contribution in [0.1, 0.15) is 17.0 Å². The monoisotopic (exact) mass is 382 g/mol. The van der Waals surface area contributed by atoms with Crippen LogP contribution in [-0.2, 0) is 11.2 Å². The third kappa shape index (κ3) is 3.65. The first kappa shape index (κ1) is 18.9. The molecule has 3 aromatic rings. The molecule has 1 heterocycles. The van der Waals surface area contributed by atoms with Crippen molar-refractivity contribution >= 4 is 5.91 Å². The van der Waals surface area contributed by atoms with E-state index >= 15 is 0 Å². The number of likely N-dealkylation sites (tertiary alicyclic amines) is 1. The Labute approximate surface area is 170 Å². The van der Waals surface area contributed by atoms with E-state index < -0.39 is 6.04 Å². The maximum absolute atomic E-state index is 12.8. The van der Waals surface area contributed by atoms with E-state index in [1.807, 2.05) is 72.8 Å². The van der Waals surface area contributed by atoms with E-state index in [1.165, 1.54) is 0 Å². The number of nitrogens with zero attached hydrogens (tertiary/aromatic N) is 2. The summed E-state index contributed by atoms with van der Waals surface area (Å²) in [6, 6.07) is 28.9. The molecule has 3 aromatic carbocycles. The predicted molar refractivity (Wildman–Crippen MR) is 112 cm³/mol. The third-order valence-corrected chi connectivity index (χ3v) is 5.62. The summed E-state index contributed by atoms with van der Waals surface area (Å²) in [4.78, 5) is 14.4. The number of hydrogen-bond donors (Lipinski definition) is 1. The summed E-state index contributed by atoms with van der Waals surface area (Å²) in [6.07, 6.45) is 0.231. The van der Waals surface area contributed by atoms with Gasteiger partial charge in [-0.15, -0.1) is 0 Å². The Bertz CT molecular complexity index is 1010. The van der Waals surface area contributed by atoms with Crippen LogP contribution in [0.2, 0.25) is 0 Å². The smallest absolute Gasteiger partial charge is 0.228 e. The van der Waals surface area contributed by atoms with E-state index in [4.69, 9.17) is 0 Å². The van der Waals surface area contributed by atoms with Gasteiger partial charge >= 0.3 is 0 Å². The quantitative estimate of drug-likeness (QED) is 0.730. The summed E-state index contributed by atoms with van der Waals surface area (Å²) in [5, 5.41) is 19.7. The molecule has 0 unspecified atom stereocenters. The number of nitriles is 1. The molecular formula is C25H22N2O2. The van der Waals surface area contributed by atoms with Crippen LogP contribution in [0.4, 0.5) is 0 Å². The van der Waals surface area contributed by atoms with Gasteiger partial charge in [-0.2, -0.15) is 5.26 Å². The molecule has 0 spiro atoms. The molecule has 1 amide bonds. The van der Waals surface area contributed by atoms with E-state index in [-0.39, 0.29) is 30.9 Å². The summed E-state index contributed by atoms with van der Waals surface area (Å²) in [6.45, 7) is -0.163. The van der Waals surface area contributed by atoms with Crippen LogP contribution in [0, 0.1) is 11.3 Å². The standard InChI is InChI=1S/C25H22N2O2/c26-16-22-25(21-13-11-20(12-14-21)19-9-5-2-6-10-19)23(17-28)27(22)24(29)15-18-7-3-1-4-8-18/h1-14,22-23,25,28H,15,17H2/t22-,23+,25+/m1/s1. The van der Waals surface area contributed by atoms with E-state index in [0.717, 1.165) is 22.3 Å². The molecule has 1 N–H and O–H groups in total. The molecule has 144 valence electrons. The Morgan fingerprint density at radius 2 is 1.48 bits per heavy atom. The highest BCUT2D eigenvalue weighted by Crippen LogP contribution is 2.41. The summed E-state index contributed by atoms with van der Waals surface area (Å²) >= 11 is 0. The maximum Gasteiger partial charge on any atom is 0.228 e. The molecule has 0 aromatic heterocycles. The fraction of sp³-hybridized carbons (Fsp3) is 0.200. The molecule has 0 radical (unpaired) electrons. The molecule has 1 fully saturated rings. The van der Waals surface area contributed by atoms with Crippen LogP contribution < -0.4 is 0 Å². The second-order valence-electron chi connectivity index (χ2n) is 7.30. The molecule has 1 aliphatic heterocycles. The van der Waals surface area contributed by atoms with E-state index in [2.05, 4.69) is 18.2 Å². The van der Waals surface area contributed by atoms with Crippen LogP contribution >= 0.6 is 0 Å². The lowest BCUT2D eigenvalue weighted by Crippen LogP contribution is -2.65. The van der Waals surface area contributed by atoms with Crippen LogP contribution in [0.15, 0.2) is 84.9 Å². The summed E-state index contributed by atoms with van der Waals surface area (Å²) in [5.41, 5.74) is 4.10. The Morgan fingerprint density at radius 3 is 2.07 bits per heavy atom. The minimum Gasteiger partial charge on any atom is -0.394 e.